The molecule has 2 rings (SSSR count). The molecule has 0 bridgehead atoms. The van der Waals surface area contributed by atoms with Crippen LogP contribution >= 0.6 is 0 Å². The Bertz CT molecular complexity index is 837. The zero-order chi connectivity index (χ0) is 17.7. The van der Waals surface area contributed by atoms with Crippen molar-refractivity contribution in [1.29, 1.82) is 0 Å². The van der Waals surface area contributed by atoms with Crippen molar-refractivity contribution < 1.29 is 17.6 Å². The summed E-state index contributed by atoms with van der Waals surface area (Å²) >= 11 is 0. The predicted octanol–water partition coefficient (Wildman–Crippen LogP) is 2.52. The molecule has 5 nitrogen and oxygen atoms in total. The first kappa shape index (κ1) is 18.1. The van der Waals surface area contributed by atoms with Crippen LogP contribution in [0.1, 0.15) is 18.5 Å². The normalized spacial score (nSPS) is 12.6. The number of nitrogens with one attached hydrogen (secondary N) is 2. The van der Waals surface area contributed by atoms with Crippen molar-refractivity contribution in [3.63, 3.8) is 0 Å². The number of hydrogen-bond donors (Lipinski definition) is 2. The summed E-state index contributed by atoms with van der Waals surface area (Å²) in [6.07, 6.45) is 1.09. The molecule has 0 unspecified atom stereocenters. The SMILES string of the molecule is C[C@H](NCC(=O)Nc1ccccc1S(C)(=O)=O)c1cccc(F)c1. The Kier molecular flexibility index (Phi) is 5.69. The lowest BCUT2D eigenvalue weighted by atomic mass is 10.1. The molecule has 128 valence electrons. The summed E-state index contributed by atoms with van der Waals surface area (Å²) in [6, 6.07) is 12.1. The Hall–Kier alpha value is -2.25. The molecule has 2 aromatic rings. The van der Waals surface area contributed by atoms with Gasteiger partial charge in [-0.3, -0.25) is 4.79 Å². The maximum absolute atomic E-state index is 13.2. The number of carbonyl (C=O) groups is 1. The van der Waals surface area contributed by atoms with Crippen LogP contribution in [0.3, 0.4) is 0 Å². The molecule has 0 spiro atoms. The summed E-state index contributed by atoms with van der Waals surface area (Å²) in [5, 5.41) is 5.56. The van der Waals surface area contributed by atoms with Crippen molar-refractivity contribution in [2.24, 2.45) is 0 Å². The van der Waals surface area contributed by atoms with Gasteiger partial charge < -0.3 is 10.6 Å². The van der Waals surface area contributed by atoms with Gasteiger partial charge in [0.2, 0.25) is 5.91 Å². The van der Waals surface area contributed by atoms with Crippen molar-refractivity contribution in [1.82, 2.24) is 5.32 Å². The molecule has 1 amide bonds. The fourth-order valence-corrected chi connectivity index (χ4v) is 3.07. The van der Waals surface area contributed by atoms with Crippen molar-refractivity contribution in [3.05, 3.63) is 59.9 Å². The molecule has 0 saturated carbocycles. The summed E-state index contributed by atoms with van der Waals surface area (Å²) in [7, 11) is -3.43. The van der Waals surface area contributed by atoms with E-state index in [-0.39, 0.29) is 34.9 Å². The van der Waals surface area contributed by atoms with Crippen molar-refractivity contribution in [2.75, 3.05) is 18.1 Å². The molecular formula is C17H19FN2O3S. The summed E-state index contributed by atoms with van der Waals surface area (Å²) in [5.74, 6) is -0.720. The van der Waals surface area contributed by atoms with Gasteiger partial charge in [0.1, 0.15) is 5.82 Å². The Labute approximate surface area is 140 Å². The van der Waals surface area contributed by atoms with Crippen LogP contribution in [0.15, 0.2) is 53.4 Å². The average Bonchev–Trinajstić information content (AvgIpc) is 2.52. The molecule has 0 aliphatic heterocycles. The number of hydrogen-bond acceptors (Lipinski definition) is 4. The zero-order valence-electron chi connectivity index (χ0n) is 13.4. The minimum atomic E-state index is -3.43. The van der Waals surface area contributed by atoms with Gasteiger partial charge in [0.25, 0.3) is 0 Å². The Morgan fingerprint density at radius 1 is 1.17 bits per heavy atom. The number of anilines is 1. The van der Waals surface area contributed by atoms with E-state index in [1.807, 2.05) is 6.92 Å². The first-order chi connectivity index (χ1) is 11.3. The van der Waals surface area contributed by atoms with Crippen molar-refractivity contribution in [2.45, 2.75) is 17.9 Å². The standard InChI is InChI=1S/C17H19FN2O3S/c1-12(13-6-5-7-14(18)10-13)19-11-17(21)20-15-8-3-4-9-16(15)24(2,22)23/h3-10,12,19H,11H2,1-2H3,(H,20,21)/t12-/m0/s1. The van der Waals surface area contributed by atoms with Gasteiger partial charge in [0, 0.05) is 12.3 Å². The van der Waals surface area contributed by atoms with E-state index in [1.54, 1.807) is 24.3 Å². The van der Waals surface area contributed by atoms with E-state index in [9.17, 15) is 17.6 Å². The number of para-hydroxylation sites is 1. The summed E-state index contributed by atoms with van der Waals surface area (Å²) < 4.78 is 36.6. The van der Waals surface area contributed by atoms with Crippen LogP contribution < -0.4 is 10.6 Å². The third-order valence-electron chi connectivity index (χ3n) is 3.48. The first-order valence-electron chi connectivity index (χ1n) is 7.35. The van der Waals surface area contributed by atoms with E-state index >= 15 is 0 Å². The number of amides is 1. The fraction of sp³-hybridized carbons (Fsp3) is 0.235. The van der Waals surface area contributed by atoms with Gasteiger partial charge in [-0.2, -0.15) is 0 Å². The highest BCUT2D eigenvalue weighted by Crippen LogP contribution is 2.20. The monoisotopic (exact) mass is 350 g/mol. The molecule has 0 heterocycles. The minimum Gasteiger partial charge on any atom is -0.324 e. The molecule has 0 aliphatic rings. The van der Waals surface area contributed by atoms with Crippen LogP contribution in [-0.4, -0.2) is 27.1 Å². The predicted molar refractivity (Wildman–Crippen MR) is 91.0 cm³/mol. The highest BCUT2D eigenvalue weighted by molar-refractivity contribution is 7.90. The quantitative estimate of drug-likeness (QED) is 0.839. The molecule has 0 saturated heterocycles. The number of sulfone groups is 1. The Morgan fingerprint density at radius 3 is 2.54 bits per heavy atom. The molecular weight excluding hydrogens is 331 g/mol. The summed E-state index contributed by atoms with van der Waals surface area (Å²) in [4.78, 5) is 12.1. The molecule has 2 N–H and O–H groups in total. The second-order valence-corrected chi connectivity index (χ2v) is 7.46. The highest BCUT2D eigenvalue weighted by atomic mass is 32.2. The van der Waals surface area contributed by atoms with Gasteiger partial charge in [-0.25, -0.2) is 12.8 Å². The van der Waals surface area contributed by atoms with Gasteiger partial charge in [-0.05, 0) is 36.8 Å². The van der Waals surface area contributed by atoms with Crippen molar-refractivity contribution in [3.8, 4) is 0 Å². The van der Waals surface area contributed by atoms with Gasteiger partial charge >= 0.3 is 0 Å². The number of benzene rings is 2. The average molecular weight is 350 g/mol. The highest BCUT2D eigenvalue weighted by Gasteiger charge is 2.15. The van der Waals surface area contributed by atoms with Gasteiger partial charge in [0.15, 0.2) is 9.84 Å². The molecule has 0 radical (unpaired) electrons. The number of rotatable bonds is 6. The molecule has 2 aromatic carbocycles. The molecule has 0 fully saturated rings. The minimum absolute atomic E-state index is 0.0320. The second-order valence-electron chi connectivity index (χ2n) is 5.47. The molecule has 7 heteroatoms. The van der Waals surface area contributed by atoms with Crippen LogP contribution in [0.4, 0.5) is 10.1 Å². The maximum atomic E-state index is 13.2. The number of halogens is 1. The molecule has 0 aliphatic carbocycles. The van der Waals surface area contributed by atoms with Crippen LogP contribution in [0, 0.1) is 5.82 Å². The van der Waals surface area contributed by atoms with Crippen molar-refractivity contribution >= 4 is 21.4 Å². The lowest BCUT2D eigenvalue weighted by Gasteiger charge is -2.15. The third-order valence-corrected chi connectivity index (χ3v) is 4.63. The summed E-state index contributed by atoms with van der Waals surface area (Å²) in [5.41, 5.74) is 0.963. The van der Waals surface area contributed by atoms with Gasteiger partial charge in [-0.15, -0.1) is 0 Å². The van der Waals surface area contributed by atoms with E-state index < -0.39 is 9.84 Å². The van der Waals surface area contributed by atoms with E-state index in [0.29, 0.717) is 0 Å². The van der Waals surface area contributed by atoms with Crippen LogP contribution in [0.5, 0.6) is 0 Å². The van der Waals surface area contributed by atoms with E-state index in [4.69, 9.17) is 0 Å². The lowest BCUT2D eigenvalue weighted by molar-refractivity contribution is -0.115. The van der Waals surface area contributed by atoms with E-state index in [1.165, 1.54) is 24.3 Å². The summed E-state index contributed by atoms with van der Waals surface area (Å²) in [6.45, 7) is 1.78. The van der Waals surface area contributed by atoms with Gasteiger partial charge in [-0.1, -0.05) is 24.3 Å². The van der Waals surface area contributed by atoms with Crippen LogP contribution in [-0.2, 0) is 14.6 Å². The topological polar surface area (TPSA) is 75.3 Å². The first-order valence-corrected chi connectivity index (χ1v) is 9.24. The molecule has 1 atom stereocenters. The van der Waals surface area contributed by atoms with Crippen LogP contribution in [0.2, 0.25) is 0 Å². The molecule has 0 aromatic heterocycles. The lowest BCUT2D eigenvalue weighted by Crippen LogP contribution is -2.30. The van der Waals surface area contributed by atoms with Crippen LogP contribution in [0.25, 0.3) is 0 Å². The Balaban J connectivity index is 2.00. The second kappa shape index (κ2) is 7.55. The fourth-order valence-electron chi connectivity index (χ4n) is 2.23. The third kappa shape index (κ3) is 4.87. The Morgan fingerprint density at radius 2 is 1.88 bits per heavy atom. The van der Waals surface area contributed by atoms with E-state index in [2.05, 4.69) is 10.6 Å². The maximum Gasteiger partial charge on any atom is 0.238 e. The molecule has 24 heavy (non-hydrogen) atoms. The number of carbonyl (C=O) groups excluding carboxylic acids is 1. The largest absolute Gasteiger partial charge is 0.324 e. The zero-order valence-corrected chi connectivity index (χ0v) is 14.2. The smallest absolute Gasteiger partial charge is 0.238 e. The van der Waals surface area contributed by atoms with E-state index in [0.717, 1.165) is 11.8 Å². The van der Waals surface area contributed by atoms with Gasteiger partial charge in [0.05, 0.1) is 17.1 Å².